The highest BCUT2D eigenvalue weighted by Gasteiger charge is 2.21. The number of hydrogen-bond donors (Lipinski definition) is 1. The van der Waals surface area contributed by atoms with Gasteiger partial charge in [-0.15, -0.1) is 0 Å². The fourth-order valence-corrected chi connectivity index (χ4v) is 1.38. The van der Waals surface area contributed by atoms with Crippen molar-refractivity contribution in [2.75, 3.05) is 20.3 Å². The van der Waals surface area contributed by atoms with E-state index < -0.39 is 5.54 Å². The first kappa shape index (κ1) is 12.0. The van der Waals surface area contributed by atoms with Gasteiger partial charge in [0.2, 0.25) is 0 Å². The van der Waals surface area contributed by atoms with Crippen LogP contribution in [0.2, 0.25) is 0 Å². The van der Waals surface area contributed by atoms with Crippen LogP contribution in [0.15, 0.2) is 24.3 Å². The summed E-state index contributed by atoms with van der Waals surface area (Å²) in [4.78, 5) is 0. The fraction of sp³-hybridized carbons (Fsp3) is 0.500. The molecule has 3 nitrogen and oxygen atoms in total. The highest BCUT2D eigenvalue weighted by molar-refractivity contribution is 5.32. The van der Waals surface area contributed by atoms with E-state index in [0.717, 1.165) is 11.3 Å². The number of ether oxygens (including phenoxy) is 2. The summed E-state index contributed by atoms with van der Waals surface area (Å²) in [5, 5.41) is 0. The van der Waals surface area contributed by atoms with E-state index in [9.17, 15) is 0 Å². The Morgan fingerprint density at radius 2 is 2.13 bits per heavy atom. The predicted molar refractivity (Wildman–Crippen MR) is 61.0 cm³/mol. The van der Waals surface area contributed by atoms with Gasteiger partial charge < -0.3 is 15.2 Å². The van der Waals surface area contributed by atoms with Gasteiger partial charge in [-0.25, -0.2) is 0 Å². The first-order valence-corrected chi connectivity index (χ1v) is 5.11. The van der Waals surface area contributed by atoms with E-state index in [1.807, 2.05) is 38.1 Å². The van der Waals surface area contributed by atoms with Gasteiger partial charge in [-0.05, 0) is 31.5 Å². The first-order valence-electron chi connectivity index (χ1n) is 5.11. The van der Waals surface area contributed by atoms with Crippen LogP contribution in [0.3, 0.4) is 0 Å². The molecule has 0 amide bonds. The number of hydrogen-bond acceptors (Lipinski definition) is 3. The SMILES string of the molecule is CCOCC(C)(N)c1cccc(OC)c1. The second-order valence-electron chi connectivity index (χ2n) is 3.79. The molecule has 0 spiro atoms. The third kappa shape index (κ3) is 3.22. The molecule has 0 saturated heterocycles. The second-order valence-corrected chi connectivity index (χ2v) is 3.79. The van der Waals surface area contributed by atoms with Gasteiger partial charge in [-0.1, -0.05) is 12.1 Å². The molecule has 3 heteroatoms. The molecule has 1 aromatic carbocycles. The first-order chi connectivity index (χ1) is 7.10. The van der Waals surface area contributed by atoms with Gasteiger partial charge in [-0.2, -0.15) is 0 Å². The van der Waals surface area contributed by atoms with Crippen LogP contribution in [0, 0.1) is 0 Å². The average Bonchev–Trinajstić information content (AvgIpc) is 2.26. The molecule has 1 atom stereocenters. The van der Waals surface area contributed by atoms with Crippen molar-refractivity contribution >= 4 is 0 Å². The predicted octanol–water partition coefficient (Wildman–Crippen LogP) is 1.91. The summed E-state index contributed by atoms with van der Waals surface area (Å²) in [6, 6.07) is 7.77. The molecule has 2 N–H and O–H groups in total. The summed E-state index contributed by atoms with van der Waals surface area (Å²) in [6.45, 7) is 5.10. The minimum atomic E-state index is -0.468. The molecule has 0 saturated carbocycles. The molecule has 0 radical (unpaired) electrons. The van der Waals surface area contributed by atoms with Crippen LogP contribution >= 0.6 is 0 Å². The fourth-order valence-electron chi connectivity index (χ4n) is 1.38. The summed E-state index contributed by atoms with van der Waals surface area (Å²) in [5.74, 6) is 0.820. The number of benzene rings is 1. The maximum atomic E-state index is 6.17. The van der Waals surface area contributed by atoms with E-state index in [1.165, 1.54) is 0 Å². The molecule has 0 aliphatic rings. The average molecular weight is 209 g/mol. The third-order valence-electron chi connectivity index (χ3n) is 2.34. The quantitative estimate of drug-likeness (QED) is 0.805. The van der Waals surface area contributed by atoms with Crippen LogP contribution in [-0.4, -0.2) is 20.3 Å². The van der Waals surface area contributed by atoms with Crippen molar-refractivity contribution in [3.63, 3.8) is 0 Å². The van der Waals surface area contributed by atoms with Crippen LogP contribution in [0.4, 0.5) is 0 Å². The van der Waals surface area contributed by atoms with Crippen LogP contribution < -0.4 is 10.5 Å². The Morgan fingerprint density at radius 1 is 1.40 bits per heavy atom. The minimum absolute atomic E-state index is 0.468. The van der Waals surface area contributed by atoms with Crippen molar-refractivity contribution in [3.8, 4) is 5.75 Å². The van der Waals surface area contributed by atoms with Crippen molar-refractivity contribution < 1.29 is 9.47 Å². The summed E-state index contributed by atoms with van der Waals surface area (Å²) in [6.07, 6.45) is 0. The highest BCUT2D eigenvalue weighted by Crippen LogP contribution is 2.22. The Labute approximate surface area is 91.2 Å². The molecule has 0 aliphatic carbocycles. The minimum Gasteiger partial charge on any atom is -0.497 e. The van der Waals surface area contributed by atoms with Crippen molar-refractivity contribution in [3.05, 3.63) is 29.8 Å². The maximum Gasteiger partial charge on any atom is 0.119 e. The van der Waals surface area contributed by atoms with E-state index >= 15 is 0 Å². The molecule has 0 aliphatic heterocycles. The number of nitrogens with two attached hydrogens (primary N) is 1. The van der Waals surface area contributed by atoms with Gasteiger partial charge in [0, 0.05) is 6.61 Å². The summed E-state index contributed by atoms with van der Waals surface area (Å²) in [7, 11) is 1.65. The molecule has 0 fully saturated rings. The van der Waals surface area contributed by atoms with Crippen molar-refractivity contribution in [2.24, 2.45) is 5.73 Å². The Balaban J connectivity index is 2.83. The molecule has 0 heterocycles. The maximum absolute atomic E-state index is 6.17. The summed E-state index contributed by atoms with van der Waals surface area (Å²) < 4.78 is 10.5. The Morgan fingerprint density at radius 3 is 2.73 bits per heavy atom. The standard InChI is InChI=1S/C12H19NO2/c1-4-15-9-12(2,13)10-6-5-7-11(8-10)14-3/h5-8H,4,9,13H2,1-3H3. The summed E-state index contributed by atoms with van der Waals surface area (Å²) >= 11 is 0. The molecule has 0 aromatic heterocycles. The molecule has 0 bridgehead atoms. The van der Waals surface area contributed by atoms with E-state index in [0.29, 0.717) is 13.2 Å². The third-order valence-corrected chi connectivity index (χ3v) is 2.34. The lowest BCUT2D eigenvalue weighted by Crippen LogP contribution is -2.38. The molecule has 1 unspecified atom stereocenters. The number of rotatable bonds is 5. The van der Waals surface area contributed by atoms with E-state index in [2.05, 4.69) is 0 Å². The van der Waals surface area contributed by atoms with Gasteiger partial charge in [-0.3, -0.25) is 0 Å². The van der Waals surface area contributed by atoms with Gasteiger partial charge in [0.15, 0.2) is 0 Å². The van der Waals surface area contributed by atoms with Gasteiger partial charge in [0.25, 0.3) is 0 Å². The number of methoxy groups -OCH3 is 1. The topological polar surface area (TPSA) is 44.5 Å². The van der Waals surface area contributed by atoms with Gasteiger partial charge in [0.1, 0.15) is 5.75 Å². The van der Waals surface area contributed by atoms with Crippen LogP contribution in [0.25, 0.3) is 0 Å². The molecular formula is C12H19NO2. The van der Waals surface area contributed by atoms with E-state index in [4.69, 9.17) is 15.2 Å². The molecule has 1 aromatic rings. The summed E-state index contributed by atoms with van der Waals surface area (Å²) in [5.41, 5.74) is 6.72. The highest BCUT2D eigenvalue weighted by atomic mass is 16.5. The Hall–Kier alpha value is -1.06. The molecular weight excluding hydrogens is 190 g/mol. The lowest BCUT2D eigenvalue weighted by atomic mass is 9.94. The molecule has 84 valence electrons. The Kier molecular flexibility index (Phi) is 4.12. The monoisotopic (exact) mass is 209 g/mol. The zero-order valence-electron chi connectivity index (χ0n) is 9.62. The normalized spacial score (nSPS) is 14.7. The smallest absolute Gasteiger partial charge is 0.119 e. The van der Waals surface area contributed by atoms with Crippen LogP contribution in [-0.2, 0) is 10.3 Å². The van der Waals surface area contributed by atoms with Crippen LogP contribution in [0.1, 0.15) is 19.4 Å². The zero-order valence-corrected chi connectivity index (χ0v) is 9.62. The lowest BCUT2D eigenvalue weighted by Gasteiger charge is -2.25. The zero-order chi connectivity index (χ0) is 11.3. The largest absolute Gasteiger partial charge is 0.497 e. The van der Waals surface area contributed by atoms with E-state index in [-0.39, 0.29) is 0 Å². The lowest BCUT2D eigenvalue weighted by molar-refractivity contribution is 0.101. The van der Waals surface area contributed by atoms with Gasteiger partial charge in [0.05, 0.1) is 19.3 Å². The van der Waals surface area contributed by atoms with Crippen LogP contribution in [0.5, 0.6) is 5.75 Å². The van der Waals surface area contributed by atoms with E-state index in [1.54, 1.807) is 7.11 Å². The second kappa shape index (κ2) is 5.14. The molecule has 15 heavy (non-hydrogen) atoms. The van der Waals surface area contributed by atoms with Crippen molar-refractivity contribution in [2.45, 2.75) is 19.4 Å². The van der Waals surface area contributed by atoms with Crippen molar-refractivity contribution in [1.82, 2.24) is 0 Å². The van der Waals surface area contributed by atoms with Crippen molar-refractivity contribution in [1.29, 1.82) is 0 Å². The van der Waals surface area contributed by atoms with Gasteiger partial charge >= 0.3 is 0 Å². The molecule has 1 rings (SSSR count). The Bertz CT molecular complexity index is 310.